The molecular formula is C16H17FNO3-. The first-order chi connectivity index (χ1) is 10.1. The number of carboxylic acid groups (broad SMARTS) is 1. The number of carboxylic acids is 1. The van der Waals surface area contributed by atoms with Gasteiger partial charge in [0.05, 0.1) is 6.61 Å². The highest BCUT2D eigenvalue weighted by atomic mass is 19.1. The topological polar surface area (TPSA) is 54.3 Å². The zero-order chi connectivity index (χ0) is 15.2. The molecule has 2 aromatic rings. The smallest absolute Gasteiger partial charge is 0.123 e. The van der Waals surface area contributed by atoms with Crippen molar-refractivity contribution in [2.75, 3.05) is 13.7 Å². The molecule has 0 N–H and O–H groups in total. The molecule has 1 aromatic carbocycles. The number of carbonyl (C=O) groups excluding carboxylic acids is 1. The third kappa shape index (κ3) is 3.92. The molecule has 1 aromatic heterocycles. The largest absolute Gasteiger partial charge is 0.550 e. The minimum atomic E-state index is -1.07. The molecule has 0 bridgehead atoms. The lowest BCUT2D eigenvalue weighted by Crippen LogP contribution is -2.23. The van der Waals surface area contributed by atoms with E-state index < -0.39 is 5.97 Å². The molecule has 112 valence electrons. The van der Waals surface area contributed by atoms with Gasteiger partial charge in [0, 0.05) is 31.0 Å². The lowest BCUT2D eigenvalue weighted by atomic mass is 10.1. The fourth-order valence-corrected chi connectivity index (χ4v) is 2.28. The molecule has 0 atom stereocenters. The maximum absolute atomic E-state index is 13.0. The Labute approximate surface area is 122 Å². The second-order valence-corrected chi connectivity index (χ2v) is 4.73. The fraction of sp³-hybridized carbons (Fsp3) is 0.312. The summed E-state index contributed by atoms with van der Waals surface area (Å²) in [4.78, 5) is 10.6. The molecule has 0 radical (unpaired) electrons. The Balaban J connectivity index is 2.31. The van der Waals surface area contributed by atoms with Crippen molar-refractivity contribution in [2.45, 2.75) is 19.4 Å². The van der Waals surface area contributed by atoms with E-state index in [0.29, 0.717) is 19.6 Å². The second-order valence-electron chi connectivity index (χ2n) is 4.73. The Kier molecular flexibility index (Phi) is 5.11. The van der Waals surface area contributed by atoms with E-state index in [9.17, 15) is 14.3 Å². The molecule has 0 saturated carbocycles. The molecule has 0 aliphatic heterocycles. The summed E-state index contributed by atoms with van der Waals surface area (Å²) in [5.74, 6) is -1.36. The van der Waals surface area contributed by atoms with E-state index in [4.69, 9.17) is 4.74 Å². The fourth-order valence-electron chi connectivity index (χ4n) is 2.28. The average Bonchev–Trinajstić information content (AvgIpc) is 2.86. The highest BCUT2D eigenvalue weighted by Crippen LogP contribution is 2.24. The molecule has 0 amide bonds. The van der Waals surface area contributed by atoms with Crippen LogP contribution in [-0.2, 0) is 22.5 Å². The summed E-state index contributed by atoms with van der Waals surface area (Å²) in [6, 6.07) is 10.0. The van der Waals surface area contributed by atoms with Crippen molar-refractivity contribution in [2.24, 2.45) is 0 Å². The van der Waals surface area contributed by atoms with Crippen LogP contribution >= 0.6 is 0 Å². The monoisotopic (exact) mass is 290 g/mol. The Morgan fingerprint density at radius 2 is 1.95 bits per heavy atom. The highest BCUT2D eigenvalue weighted by Gasteiger charge is 2.10. The van der Waals surface area contributed by atoms with Gasteiger partial charge >= 0.3 is 0 Å². The molecule has 0 saturated heterocycles. The number of aliphatic carboxylic acids is 1. The summed E-state index contributed by atoms with van der Waals surface area (Å²) in [5, 5.41) is 10.6. The van der Waals surface area contributed by atoms with Crippen molar-refractivity contribution in [3.05, 3.63) is 47.9 Å². The van der Waals surface area contributed by atoms with Crippen LogP contribution in [0.4, 0.5) is 4.39 Å². The summed E-state index contributed by atoms with van der Waals surface area (Å²) in [6.45, 7) is 1.12. The van der Waals surface area contributed by atoms with Crippen LogP contribution in [0.5, 0.6) is 0 Å². The van der Waals surface area contributed by atoms with Crippen LogP contribution in [0.3, 0.4) is 0 Å². The third-order valence-corrected chi connectivity index (χ3v) is 3.32. The van der Waals surface area contributed by atoms with Gasteiger partial charge in [0.2, 0.25) is 0 Å². The minimum Gasteiger partial charge on any atom is -0.550 e. The van der Waals surface area contributed by atoms with Gasteiger partial charge in [0.15, 0.2) is 0 Å². The van der Waals surface area contributed by atoms with Crippen LogP contribution in [0.25, 0.3) is 11.3 Å². The Bertz CT molecular complexity index is 604. The van der Waals surface area contributed by atoms with E-state index in [-0.39, 0.29) is 12.2 Å². The lowest BCUT2D eigenvalue weighted by molar-refractivity contribution is -0.305. The molecule has 0 unspecified atom stereocenters. The molecule has 1 heterocycles. The summed E-state index contributed by atoms with van der Waals surface area (Å²) in [7, 11) is 1.61. The van der Waals surface area contributed by atoms with Crippen molar-refractivity contribution in [1.82, 2.24) is 4.57 Å². The van der Waals surface area contributed by atoms with Crippen molar-refractivity contribution >= 4 is 5.97 Å². The molecule has 0 spiro atoms. The van der Waals surface area contributed by atoms with Crippen molar-refractivity contribution < 1.29 is 19.0 Å². The first-order valence-corrected chi connectivity index (χ1v) is 6.75. The van der Waals surface area contributed by atoms with E-state index in [0.717, 1.165) is 17.0 Å². The molecule has 5 heteroatoms. The van der Waals surface area contributed by atoms with Gasteiger partial charge in [-0.1, -0.05) is 0 Å². The molecule has 2 rings (SSSR count). The number of hydrogen-bond donors (Lipinski definition) is 0. The Hall–Kier alpha value is -2.14. The molecule has 21 heavy (non-hydrogen) atoms. The van der Waals surface area contributed by atoms with Gasteiger partial charge in [-0.05, 0) is 54.8 Å². The maximum Gasteiger partial charge on any atom is 0.123 e. The van der Waals surface area contributed by atoms with Gasteiger partial charge in [-0.2, -0.15) is 0 Å². The van der Waals surface area contributed by atoms with Gasteiger partial charge in [-0.3, -0.25) is 0 Å². The van der Waals surface area contributed by atoms with E-state index >= 15 is 0 Å². The van der Waals surface area contributed by atoms with Crippen molar-refractivity contribution in [1.29, 1.82) is 0 Å². The second kappa shape index (κ2) is 7.04. The summed E-state index contributed by atoms with van der Waals surface area (Å²) < 4.78 is 20.1. The lowest BCUT2D eigenvalue weighted by Gasteiger charge is -2.14. The normalized spacial score (nSPS) is 10.8. The molecular weight excluding hydrogens is 273 g/mol. The molecule has 0 aliphatic carbocycles. The number of methoxy groups -OCH3 is 1. The SMILES string of the molecule is COCCn1c(CCC(=O)[O-])ccc1-c1ccc(F)cc1. The molecule has 4 nitrogen and oxygen atoms in total. The van der Waals surface area contributed by atoms with Gasteiger partial charge < -0.3 is 19.2 Å². The predicted octanol–water partition coefficient (Wildman–Crippen LogP) is 1.62. The van der Waals surface area contributed by atoms with Crippen LogP contribution in [0.2, 0.25) is 0 Å². The number of halogens is 1. The predicted molar refractivity (Wildman–Crippen MR) is 75.0 cm³/mol. The standard InChI is InChI=1S/C16H18FNO3/c1-21-11-10-18-14(7-9-16(19)20)6-8-15(18)12-2-4-13(17)5-3-12/h2-6,8H,7,9-11H2,1H3,(H,19,20)/p-1. The van der Waals surface area contributed by atoms with Gasteiger partial charge in [-0.25, -0.2) is 4.39 Å². The summed E-state index contributed by atoms with van der Waals surface area (Å²) >= 11 is 0. The van der Waals surface area contributed by atoms with Crippen molar-refractivity contribution in [3.63, 3.8) is 0 Å². The van der Waals surface area contributed by atoms with Crippen LogP contribution in [0.15, 0.2) is 36.4 Å². The number of nitrogens with zero attached hydrogens (tertiary/aromatic N) is 1. The van der Waals surface area contributed by atoms with Gasteiger partial charge in [0.25, 0.3) is 0 Å². The van der Waals surface area contributed by atoms with Gasteiger partial charge in [0.1, 0.15) is 5.82 Å². The van der Waals surface area contributed by atoms with E-state index in [1.165, 1.54) is 12.1 Å². The summed E-state index contributed by atoms with van der Waals surface area (Å²) in [5.41, 5.74) is 2.70. The number of aryl methyl sites for hydroxylation is 1. The van der Waals surface area contributed by atoms with Crippen LogP contribution in [0.1, 0.15) is 12.1 Å². The zero-order valence-electron chi connectivity index (χ0n) is 11.8. The quantitative estimate of drug-likeness (QED) is 0.778. The van der Waals surface area contributed by atoms with E-state index in [1.54, 1.807) is 19.2 Å². The average molecular weight is 290 g/mol. The van der Waals surface area contributed by atoms with Crippen LogP contribution in [0, 0.1) is 5.82 Å². The van der Waals surface area contributed by atoms with E-state index in [2.05, 4.69) is 0 Å². The maximum atomic E-state index is 13.0. The number of benzene rings is 1. The first-order valence-electron chi connectivity index (χ1n) is 6.75. The number of carbonyl (C=O) groups is 1. The number of hydrogen-bond acceptors (Lipinski definition) is 3. The Morgan fingerprint density at radius 1 is 1.24 bits per heavy atom. The molecule has 0 aliphatic rings. The van der Waals surface area contributed by atoms with Gasteiger partial charge in [-0.15, -0.1) is 0 Å². The first kappa shape index (κ1) is 15.3. The minimum absolute atomic E-state index is 0.0279. The number of rotatable bonds is 7. The van der Waals surface area contributed by atoms with E-state index in [1.807, 2.05) is 16.7 Å². The number of ether oxygens (including phenoxy) is 1. The van der Waals surface area contributed by atoms with Crippen LogP contribution < -0.4 is 5.11 Å². The Morgan fingerprint density at radius 3 is 2.57 bits per heavy atom. The highest BCUT2D eigenvalue weighted by molar-refractivity contribution is 5.65. The summed E-state index contributed by atoms with van der Waals surface area (Å²) in [6.07, 6.45) is 0.368. The molecule has 0 fully saturated rings. The van der Waals surface area contributed by atoms with Crippen molar-refractivity contribution in [3.8, 4) is 11.3 Å². The number of aromatic nitrogens is 1. The van der Waals surface area contributed by atoms with Crippen LogP contribution in [-0.4, -0.2) is 24.3 Å². The zero-order valence-corrected chi connectivity index (χ0v) is 11.8. The third-order valence-electron chi connectivity index (χ3n) is 3.32.